The highest BCUT2D eigenvalue weighted by Gasteiger charge is 2.18. The molecule has 0 aliphatic carbocycles. The lowest BCUT2D eigenvalue weighted by Crippen LogP contribution is -2.41. The molecule has 0 radical (unpaired) electrons. The first kappa shape index (κ1) is 17.0. The summed E-state index contributed by atoms with van der Waals surface area (Å²) < 4.78 is 6.10. The third kappa shape index (κ3) is 4.61. The highest BCUT2D eigenvalue weighted by Crippen LogP contribution is 2.45. The Morgan fingerprint density at radius 2 is 1.79 bits per heavy atom. The molecular weight excluding hydrogens is 340 g/mol. The Hall–Kier alpha value is -1.79. The van der Waals surface area contributed by atoms with Gasteiger partial charge in [0.2, 0.25) is 0 Å². The number of carbonyl (C=O) groups excluding carboxylic acids is 1. The van der Waals surface area contributed by atoms with Crippen molar-refractivity contribution in [2.24, 2.45) is 0 Å². The van der Waals surface area contributed by atoms with Gasteiger partial charge in [0.15, 0.2) is 6.61 Å². The number of carbonyl (C=O) groups is 1. The van der Waals surface area contributed by atoms with E-state index >= 15 is 0 Å². The van der Waals surface area contributed by atoms with E-state index in [9.17, 15) is 4.79 Å². The molecular formula is C18H20N2O2S2. The average molecular weight is 361 g/mol. The predicted molar refractivity (Wildman–Crippen MR) is 103 cm³/mol. The second kappa shape index (κ2) is 8.35. The van der Waals surface area contributed by atoms with Crippen LogP contribution in [0, 0.1) is 0 Å². The van der Waals surface area contributed by atoms with Gasteiger partial charge in [-0.05, 0) is 29.8 Å². The Bertz CT molecular complexity index is 658. The van der Waals surface area contributed by atoms with Crippen LogP contribution in [0.1, 0.15) is 10.1 Å². The summed E-state index contributed by atoms with van der Waals surface area (Å²) in [5.74, 6) is 2.95. The molecule has 3 rings (SSSR count). The molecule has 0 atom stereocenters. The van der Waals surface area contributed by atoms with Crippen LogP contribution in [0.5, 0.6) is 5.75 Å². The molecule has 0 bridgehead atoms. The van der Waals surface area contributed by atoms with Crippen molar-refractivity contribution in [1.29, 1.82) is 0 Å². The highest BCUT2D eigenvalue weighted by molar-refractivity contribution is 8.19. The maximum Gasteiger partial charge on any atom is 0.276 e. The van der Waals surface area contributed by atoms with Gasteiger partial charge in [-0.15, -0.1) is 23.5 Å². The highest BCUT2D eigenvalue weighted by atomic mass is 32.2. The van der Waals surface area contributed by atoms with Crippen molar-refractivity contribution >= 4 is 35.1 Å². The number of benzene rings is 2. The number of thioether (sulfide) groups is 2. The molecule has 126 valence electrons. The van der Waals surface area contributed by atoms with Gasteiger partial charge in [0.1, 0.15) is 5.75 Å². The van der Waals surface area contributed by atoms with E-state index in [0.717, 1.165) is 5.69 Å². The number of ether oxygens (including phenoxy) is 1. The molecule has 1 fully saturated rings. The zero-order valence-corrected chi connectivity index (χ0v) is 15.1. The predicted octanol–water partition coefficient (Wildman–Crippen LogP) is 3.71. The topological polar surface area (TPSA) is 41.6 Å². The van der Waals surface area contributed by atoms with Gasteiger partial charge in [0.25, 0.3) is 5.91 Å². The van der Waals surface area contributed by atoms with Crippen LogP contribution in [-0.2, 0) is 4.79 Å². The Morgan fingerprint density at radius 1 is 1.12 bits per heavy atom. The molecule has 1 heterocycles. The summed E-state index contributed by atoms with van der Waals surface area (Å²) in [6.45, 7) is -0.0105. The Morgan fingerprint density at radius 3 is 2.46 bits per heavy atom. The summed E-state index contributed by atoms with van der Waals surface area (Å²) in [5.41, 5.74) is 5.01. The summed E-state index contributed by atoms with van der Waals surface area (Å²) in [6, 6.07) is 17.7. The molecule has 24 heavy (non-hydrogen) atoms. The Kier molecular flexibility index (Phi) is 5.93. The summed E-state index contributed by atoms with van der Waals surface area (Å²) in [6.07, 6.45) is 0. The second-order valence-corrected chi connectivity index (χ2v) is 8.09. The van der Waals surface area contributed by atoms with Crippen molar-refractivity contribution in [3.63, 3.8) is 0 Å². The van der Waals surface area contributed by atoms with Gasteiger partial charge in [-0.25, -0.2) is 0 Å². The number of hydrogen-bond acceptors (Lipinski definition) is 5. The largest absolute Gasteiger partial charge is 0.484 e. The summed E-state index contributed by atoms with van der Waals surface area (Å²) in [7, 11) is 1.80. The number of para-hydroxylation sites is 1. The number of hydrogen-bond donors (Lipinski definition) is 1. The molecule has 1 N–H and O–H groups in total. The van der Waals surface area contributed by atoms with Gasteiger partial charge in [-0.2, -0.15) is 0 Å². The molecule has 1 amide bonds. The minimum absolute atomic E-state index is 0.0105. The first-order valence-corrected chi connectivity index (χ1v) is 9.86. The number of rotatable bonds is 6. The van der Waals surface area contributed by atoms with E-state index in [0.29, 0.717) is 10.3 Å². The van der Waals surface area contributed by atoms with Gasteiger partial charge in [0.05, 0.1) is 10.3 Å². The molecule has 2 aromatic rings. The van der Waals surface area contributed by atoms with E-state index in [2.05, 4.69) is 17.6 Å². The van der Waals surface area contributed by atoms with Crippen molar-refractivity contribution in [1.82, 2.24) is 5.43 Å². The summed E-state index contributed by atoms with van der Waals surface area (Å²) >= 11 is 3.95. The van der Waals surface area contributed by atoms with Crippen LogP contribution in [-0.4, -0.2) is 31.1 Å². The van der Waals surface area contributed by atoms with E-state index in [1.165, 1.54) is 17.1 Å². The smallest absolute Gasteiger partial charge is 0.276 e. The maximum absolute atomic E-state index is 12.0. The van der Waals surface area contributed by atoms with Crippen LogP contribution in [0.4, 0.5) is 5.69 Å². The van der Waals surface area contributed by atoms with E-state index in [-0.39, 0.29) is 12.5 Å². The minimum Gasteiger partial charge on any atom is -0.484 e. The van der Waals surface area contributed by atoms with E-state index in [1.54, 1.807) is 12.1 Å². The van der Waals surface area contributed by atoms with Crippen molar-refractivity contribution < 1.29 is 9.53 Å². The SMILES string of the molecule is CN(NC(=O)COc1ccc(C2SCCS2)cc1)c1ccccc1. The van der Waals surface area contributed by atoms with Crippen LogP contribution in [0.3, 0.4) is 0 Å². The lowest BCUT2D eigenvalue weighted by Gasteiger charge is -2.20. The number of nitrogens with zero attached hydrogens (tertiary/aromatic N) is 1. The average Bonchev–Trinajstić information content (AvgIpc) is 3.16. The van der Waals surface area contributed by atoms with Crippen LogP contribution in [0.25, 0.3) is 0 Å². The van der Waals surface area contributed by atoms with Gasteiger partial charge in [0, 0.05) is 18.6 Å². The number of anilines is 1. The van der Waals surface area contributed by atoms with Crippen LogP contribution in [0.15, 0.2) is 54.6 Å². The fourth-order valence-corrected chi connectivity index (χ4v) is 5.22. The zero-order chi connectivity index (χ0) is 16.8. The monoisotopic (exact) mass is 360 g/mol. The lowest BCUT2D eigenvalue weighted by atomic mass is 10.2. The van der Waals surface area contributed by atoms with Crippen LogP contribution in [0.2, 0.25) is 0 Å². The molecule has 1 saturated heterocycles. The third-order valence-corrected chi connectivity index (χ3v) is 6.68. The molecule has 2 aromatic carbocycles. The van der Waals surface area contributed by atoms with Crippen LogP contribution < -0.4 is 15.2 Å². The van der Waals surface area contributed by atoms with Gasteiger partial charge >= 0.3 is 0 Å². The van der Waals surface area contributed by atoms with Crippen molar-refractivity contribution in [2.45, 2.75) is 4.58 Å². The van der Waals surface area contributed by atoms with Crippen molar-refractivity contribution in [3.8, 4) is 5.75 Å². The molecule has 1 aliphatic heterocycles. The molecule has 0 spiro atoms. The van der Waals surface area contributed by atoms with Gasteiger partial charge in [-0.1, -0.05) is 30.3 Å². The lowest BCUT2D eigenvalue weighted by molar-refractivity contribution is -0.123. The van der Waals surface area contributed by atoms with E-state index in [1.807, 2.05) is 66.0 Å². The van der Waals surface area contributed by atoms with Gasteiger partial charge in [-0.3, -0.25) is 15.2 Å². The first-order chi connectivity index (χ1) is 11.7. The number of hydrazine groups is 1. The van der Waals surface area contributed by atoms with E-state index in [4.69, 9.17) is 4.74 Å². The van der Waals surface area contributed by atoms with Gasteiger partial charge < -0.3 is 4.74 Å². The molecule has 0 saturated carbocycles. The fraction of sp³-hybridized carbons (Fsp3) is 0.278. The quantitative estimate of drug-likeness (QED) is 0.796. The normalized spacial score (nSPS) is 14.4. The Balaban J connectivity index is 1.47. The van der Waals surface area contributed by atoms with Crippen LogP contribution >= 0.6 is 23.5 Å². The second-order valence-electron chi connectivity index (χ2n) is 5.36. The zero-order valence-electron chi connectivity index (χ0n) is 13.5. The Labute approximate surface area is 150 Å². The summed E-state index contributed by atoms with van der Waals surface area (Å²) in [4.78, 5) is 12.0. The molecule has 6 heteroatoms. The first-order valence-electron chi connectivity index (χ1n) is 7.76. The van der Waals surface area contributed by atoms with Crippen molar-refractivity contribution in [3.05, 3.63) is 60.2 Å². The minimum atomic E-state index is -0.188. The number of nitrogens with one attached hydrogen (secondary N) is 1. The molecule has 4 nitrogen and oxygen atoms in total. The maximum atomic E-state index is 12.0. The summed E-state index contributed by atoms with van der Waals surface area (Å²) in [5, 5.41) is 1.68. The number of amides is 1. The fourth-order valence-electron chi connectivity index (χ4n) is 2.36. The van der Waals surface area contributed by atoms with Crippen molar-refractivity contribution in [2.75, 3.05) is 30.2 Å². The standard InChI is InChI=1S/C18H20N2O2S2/c1-20(15-5-3-2-4-6-15)19-17(21)13-22-16-9-7-14(8-10-16)18-23-11-12-24-18/h2-10,18H,11-13H2,1H3,(H,19,21). The molecule has 1 aliphatic rings. The third-order valence-electron chi connectivity index (χ3n) is 3.58. The molecule has 0 aromatic heterocycles. The molecule has 0 unspecified atom stereocenters. The van der Waals surface area contributed by atoms with E-state index < -0.39 is 0 Å².